The summed E-state index contributed by atoms with van der Waals surface area (Å²) in [4.78, 5) is 12.0. The zero-order chi connectivity index (χ0) is 14.6. The quantitative estimate of drug-likeness (QED) is 0.291. The summed E-state index contributed by atoms with van der Waals surface area (Å²) >= 11 is 5.69. The number of hydrogen-bond donors (Lipinski definition) is 4. The maximum atomic E-state index is 12.0. The monoisotopic (exact) mass is 285 g/mol. The molecule has 0 aliphatic heterocycles. The van der Waals surface area contributed by atoms with Crippen LogP contribution < -0.4 is 11.1 Å². The summed E-state index contributed by atoms with van der Waals surface area (Å²) < 4.78 is 0. The Morgan fingerprint density at radius 3 is 2.58 bits per heavy atom. The average Bonchev–Trinajstić information content (AvgIpc) is 2.34. The van der Waals surface area contributed by atoms with Crippen molar-refractivity contribution in [1.29, 1.82) is 0 Å². The van der Waals surface area contributed by atoms with Crippen LogP contribution in [0.25, 0.3) is 0 Å². The van der Waals surface area contributed by atoms with Gasteiger partial charge in [0, 0.05) is 5.02 Å². The zero-order valence-corrected chi connectivity index (χ0v) is 11.3. The second kappa shape index (κ2) is 6.29. The third-order valence-electron chi connectivity index (χ3n) is 2.59. The first kappa shape index (κ1) is 15.1. The number of phenolic OH excluding ortho intramolecular Hbond substituents is 1. The lowest BCUT2D eigenvalue weighted by Crippen LogP contribution is -2.47. The molecule has 0 aliphatic rings. The molecule has 0 bridgehead atoms. The molecule has 1 atom stereocenters. The Balaban J connectivity index is 2.94. The highest BCUT2D eigenvalue weighted by molar-refractivity contribution is 6.30. The molecule has 1 aromatic carbocycles. The Hall–Kier alpha value is -1.95. The van der Waals surface area contributed by atoms with Gasteiger partial charge in [0.25, 0.3) is 5.91 Å². The number of oxime groups is 1. The minimum Gasteiger partial charge on any atom is -0.507 e. The van der Waals surface area contributed by atoms with Gasteiger partial charge in [-0.15, -0.1) is 0 Å². The van der Waals surface area contributed by atoms with Gasteiger partial charge in [-0.05, 0) is 24.1 Å². The van der Waals surface area contributed by atoms with Crippen LogP contribution in [-0.4, -0.2) is 28.1 Å². The maximum absolute atomic E-state index is 12.0. The lowest BCUT2D eigenvalue weighted by Gasteiger charge is -2.21. The minimum absolute atomic E-state index is 0.0702. The summed E-state index contributed by atoms with van der Waals surface area (Å²) in [5.74, 6) is -0.933. The molecule has 0 spiro atoms. The van der Waals surface area contributed by atoms with E-state index in [-0.39, 0.29) is 23.1 Å². The average molecular weight is 286 g/mol. The molecular weight excluding hydrogens is 270 g/mol. The Kier molecular flexibility index (Phi) is 5.00. The van der Waals surface area contributed by atoms with E-state index in [0.717, 1.165) is 0 Å². The van der Waals surface area contributed by atoms with Gasteiger partial charge in [-0.1, -0.05) is 30.6 Å². The summed E-state index contributed by atoms with van der Waals surface area (Å²) in [6, 6.07) is 3.53. The molecule has 0 radical (unpaired) electrons. The lowest BCUT2D eigenvalue weighted by atomic mass is 10.0. The van der Waals surface area contributed by atoms with E-state index in [1.807, 2.05) is 13.8 Å². The highest BCUT2D eigenvalue weighted by atomic mass is 35.5. The normalized spacial score (nSPS) is 13.4. The van der Waals surface area contributed by atoms with Gasteiger partial charge < -0.3 is 21.4 Å². The molecule has 0 aliphatic carbocycles. The van der Waals surface area contributed by atoms with Crippen molar-refractivity contribution in [3.63, 3.8) is 0 Å². The van der Waals surface area contributed by atoms with Gasteiger partial charge in [0.05, 0.1) is 11.6 Å². The van der Waals surface area contributed by atoms with Crippen molar-refractivity contribution < 1.29 is 15.1 Å². The fourth-order valence-electron chi connectivity index (χ4n) is 1.56. The number of amidine groups is 1. The number of carbonyl (C=O) groups excluding carboxylic acids is 1. The number of aromatic hydroxyl groups is 1. The van der Waals surface area contributed by atoms with Crippen molar-refractivity contribution in [2.24, 2.45) is 16.8 Å². The van der Waals surface area contributed by atoms with E-state index in [4.69, 9.17) is 22.5 Å². The minimum atomic E-state index is -0.632. The number of benzene rings is 1. The van der Waals surface area contributed by atoms with Gasteiger partial charge >= 0.3 is 0 Å². The van der Waals surface area contributed by atoms with E-state index in [1.165, 1.54) is 18.2 Å². The molecule has 7 heteroatoms. The number of nitrogens with zero attached hydrogens (tertiary/aromatic N) is 1. The third kappa shape index (κ3) is 3.75. The van der Waals surface area contributed by atoms with E-state index >= 15 is 0 Å². The van der Waals surface area contributed by atoms with E-state index in [1.54, 1.807) is 0 Å². The van der Waals surface area contributed by atoms with Gasteiger partial charge in [-0.2, -0.15) is 0 Å². The molecule has 19 heavy (non-hydrogen) atoms. The van der Waals surface area contributed by atoms with Crippen LogP contribution in [0.3, 0.4) is 0 Å². The smallest absolute Gasteiger partial charge is 0.255 e. The lowest BCUT2D eigenvalue weighted by molar-refractivity contribution is 0.0936. The molecule has 1 aromatic rings. The van der Waals surface area contributed by atoms with Gasteiger partial charge in [0.2, 0.25) is 0 Å². The van der Waals surface area contributed by atoms with Crippen molar-refractivity contribution in [3.05, 3.63) is 28.8 Å². The van der Waals surface area contributed by atoms with Crippen LogP contribution in [0.15, 0.2) is 23.4 Å². The molecule has 1 rings (SSSR count). The Morgan fingerprint density at radius 1 is 1.47 bits per heavy atom. The number of nitrogens with two attached hydrogens (primary N) is 1. The first-order valence-electron chi connectivity index (χ1n) is 5.63. The van der Waals surface area contributed by atoms with E-state index < -0.39 is 11.9 Å². The number of halogens is 1. The van der Waals surface area contributed by atoms with Crippen LogP contribution in [0, 0.1) is 5.92 Å². The number of hydrogen-bond acceptors (Lipinski definition) is 4. The molecule has 0 aromatic heterocycles. The topological polar surface area (TPSA) is 108 Å². The fraction of sp³-hybridized carbons (Fsp3) is 0.333. The van der Waals surface area contributed by atoms with Gasteiger partial charge in [-0.25, -0.2) is 0 Å². The molecule has 0 saturated carbocycles. The van der Waals surface area contributed by atoms with Crippen molar-refractivity contribution in [2.75, 3.05) is 0 Å². The molecular formula is C12H16ClN3O3. The fourth-order valence-corrected chi connectivity index (χ4v) is 1.73. The number of phenols is 1. The summed E-state index contributed by atoms with van der Waals surface area (Å²) in [5.41, 5.74) is 5.58. The molecule has 104 valence electrons. The molecule has 0 saturated heterocycles. The van der Waals surface area contributed by atoms with Gasteiger partial charge in [0.15, 0.2) is 5.84 Å². The molecule has 6 nitrogen and oxygen atoms in total. The van der Waals surface area contributed by atoms with E-state index in [2.05, 4.69) is 10.5 Å². The number of amides is 1. The second-order valence-electron chi connectivity index (χ2n) is 4.38. The maximum Gasteiger partial charge on any atom is 0.255 e. The van der Waals surface area contributed by atoms with E-state index in [0.29, 0.717) is 5.02 Å². The molecule has 0 heterocycles. The standard InChI is InChI=1S/C12H16ClN3O3/c1-6(2)10(11(14)16-19)15-12(18)8-4-3-7(13)5-9(8)17/h3-6,10,17,19H,1-2H3,(H2,14,16)(H,15,18). The van der Waals surface area contributed by atoms with Crippen LogP contribution in [0.5, 0.6) is 5.75 Å². The van der Waals surface area contributed by atoms with Crippen LogP contribution in [0.1, 0.15) is 24.2 Å². The number of nitrogens with one attached hydrogen (secondary N) is 1. The third-order valence-corrected chi connectivity index (χ3v) is 2.83. The predicted molar refractivity (Wildman–Crippen MR) is 72.6 cm³/mol. The molecule has 0 fully saturated rings. The summed E-state index contributed by atoms with van der Waals surface area (Å²) in [7, 11) is 0. The highest BCUT2D eigenvalue weighted by Gasteiger charge is 2.22. The van der Waals surface area contributed by atoms with Crippen molar-refractivity contribution in [3.8, 4) is 5.75 Å². The first-order valence-corrected chi connectivity index (χ1v) is 6.01. The van der Waals surface area contributed by atoms with Crippen molar-refractivity contribution in [1.82, 2.24) is 5.32 Å². The summed E-state index contributed by atoms with van der Waals surface area (Å²) in [6.07, 6.45) is 0. The van der Waals surface area contributed by atoms with Gasteiger partial charge in [-0.3, -0.25) is 4.79 Å². The first-order chi connectivity index (χ1) is 8.86. The summed E-state index contributed by atoms with van der Waals surface area (Å²) in [5, 5.41) is 24.1. The highest BCUT2D eigenvalue weighted by Crippen LogP contribution is 2.22. The molecule has 5 N–H and O–H groups in total. The summed E-state index contributed by atoms with van der Waals surface area (Å²) in [6.45, 7) is 3.62. The molecule has 1 unspecified atom stereocenters. The van der Waals surface area contributed by atoms with E-state index in [9.17, 15) is 9.90 Å². The largest absolute Gasteiger partial charge is 0.507 e. The van der Waals surface area contributed by atoms with Crippen LogP contribution >= 0.6 is 11.6 Å². The second-order valence-corrected chi connectivity index (χ2v) is 4.82. The van der Waals surface area contributed by atoms with Crippen LogP contribution in [0.4, 0.5) is 0 Å². The SMILES string of the molecule is CC(C)C(NC(=O)c1ccc(Cl)cc1O)C(N)=NO. The van der Waals surface area contributed by atoms with Crippen LogP contribution in [0.2, 0.25) is 5.02 Å². The molecule has 1 amide bonds. The van der Waals surface area contributed by atoms with Crippen LogP contribution in [-0.2, 0) is 0 Å². The Labute approximate surface area is 115 Å². The van der Waals surface area contributed by atoms with Gasteiger partial charge in [0.1, 0.15) is 5.75 Å². The number of carbonyl (C=O) groups is 1. The predicted octanol–water partition coefficient (Wildman–Crippen LogP) is 1.55. The Morgan fingerprint density at radius 2 is 2.11 bits per heavy atom. The Bertz CT molecular complexity index is 503. The number of rotatable bonds is 4. The van der Waals surface area contributed by atoms with Crippen molar-refractivity contribution >= 4 is 23.3 Å². The van der Waals surface area contributed by atoms with Crippen molar-refractivity contribution in [2.45, 2.75) is 19.9 Å². The zero-order valence-electron chi connectivity index (χ0n) is 10.6.